The highest BCUT2D eigenvalue weighted by molar-refractivity contribution is 5.76. The van der Waals surface area contributed by atoms with E-state index in [4.69, 9.17) is 4.74 Å². The highest BCUT2D eigenvalue weighted by Gasteiger charge is 2.15. The average Bonchev–Trinajstić information content (AvgIpc) is 2.51. The van der Waals surface area contributed by atoms with Crippen LogP contribution in [0.25, 0.3) is 0 Å². The number of carbonyl (C=O) groups excluding carboxylic acids is 1. The van der Waals surface area contributed by atoms with E-state index in [9.17, 15) is 4.79 Å². The van der Waals surface area contributed by atoms with E-state index in [0.717, 1.165) is 11.1 Å². The predicted molar refractivity (Wildman–Crippen MR) is 90.9 cm³/mol. The van der Waals surface area contributed by atoms with Crippen LogP contribution < -0.4 is 10.1 Å². The Kier molecular flexibility index (Phi) is 5.74. The van der Waals surface area contributed by atoms with Crippen molar-refractivity contribution in [1.29, 1.82) is 0 Å². The molecule has 1 aromatic heterocycles. The number of amides is 1. The second kappa shape index (κ2) is 7.77. The minimum Gasteiger partial charge on any atom is -0.473 e. The van der Waals surface area contributed by atoms with Crippen LogP contribution in [0.5, 0.6) is 5.88 Å². The summed E-state index contributed by atoms with van der Waals surface area (Å²) in [4.78, 5) is 16.1. The predicted octanol–water partition coefficient (Wildman–Crippen LogP) is 3.71. The van der Waals surface area contributed by atoms with Crippen LogP contribution in [0.3, 0.4) is 0 Å². The lowest BCUT2D eigenvalue weighted by Gasteiger charge is -2.17. The number of benzene rings is 1. The third kappa shape index (κ3) is 6.51. The number of hydrogen-bond acceptors (Lipinski definition) is 3. The molecule has 0 atom stereocenters. The third-order valence-corrected chi connectivity index (χ3v) is 3.21. The van der Waals surface area contributed by atoms with Gasteiger partial charge in [0, 0.05) is 25.2 Å². The SMILES string of the molecule is CC(C)(C)CC(=O)NCc1ccnc(OCc2ccccc2)c1. The van der Waals surface area contributed by atoms with Crippen LogP contribution in [0.15, 0.2) is 48.7 Å². The molecule has 0 bridgehead atoms. The van der Waals surface area contributed by atoms with Crippen molar-refractivity contribution in [1.82, 2.24) is 10.3 Å². The van der Waals surface area contributed by atoms with Crippen molar-refractivity contribution in [2.45, 2.75) is 40.3 Å². The Morgan fingerprint density at radius 3 is 2.57 bits per heavy atom. The van der Waals surface area contributed by atoms with Gasteiger partial charge in [-0.3, -0.25) is 4.79 Å². The van der Waals surface area contributed by atoms with Crippen LogP contribution in [-0.2, 0) is 17.9 Å². The Morgan fingerprint density at radius 2 is 1.87 bits per heavy atom. The van der Waals surface area contributed by atoms with E-state index in [1.54, 1.807) is 6.20 Å². The molecule has 0 saturated heterocycles. The first kappa shape index (κ1) is 17.0. The molecule has 0 unspecified atom stereocenters. The molecule has 2 rings (SSSR count). The quantitative estimate of drug-likeness (QED) is 0.884. The van der Waals surface area contributed by atoms with E-state index >= 15 is 0 Å². The molecule has 0 aliphatic heterocycles. The van der Waals surface area contributed by atoms with Crippen molar-refractivity contribution >= 4 is 5.91 Å². The molecule has 0 saturated carbocycles. The number of carbonyl (C=O) groups is 1. The molecule has 0 spiro atoms. The maximum atomic E-state index is 11.9. The molecule has 122 valence electrons. The van der Waals surface area contributed by atoms with Gasteiger partial charge in [0.25, 0.3) is 0 Å². The summed E-state index contributed by atoms with van der Waals surface area (Å²) >= 11 is 0. The fraction of sp³-hybridized carbons (Fsp3) is 0.368. The Labute approximate surface area is 137 Å². The maximum absolute atomic E-state index is 11.9. The molecular weight excluding hydrogens is 288 g/mol. The highest BCUT2D eigenvalue weighted by Crippen LogP contribution is 2.18. The van der Waals surface area contributed by atoms with Crippen LogP contribution in [0.2, 0.25) is 0 Å². The monoisotopic (exact) mass is 312 g/mol. The van der Waals surface area contributed by atoms with E-state index < -0.39 is 0 Å². The van der Waals surface area contributed by atoms with E-state index in [2.05, 4.69) is 31.1 Å². The van der Waals surface area contributed by atoms with Crippen molar-refractivity contribution in [2.24, 2.45) is 5.41 Å². The summed E-state index contributed by atoms with van der Waals surface area (Å²) in [7, 11) is 0. The van der Waals surface area contributed by atoms with Gasteiger partial charge in [0.1, 0.15) is 6.61 Å². The lowest BCUT2D eigenvalue weighted by atomic mass is 9.92. The summed E-state index contributed by atoms with van der Waals surface area (Å²) in [5.41, 5.74) is 2.07. The van der Waals surface area contributed by atoms with Crippen LogP contribution in [0.1, 0.15) is 38.3 Å². The topological polar surface area (TPSA) is 51.2 Å². The van der Waals surface area contributed by atoms with Gasteiger partial charge in [0.2, 0.25) is 11.8 Å². The van der Waals surface area contributed by atoms with Crippen LogP contribution in [0, 0.1) is 5.41 Å². The van der Waals surface area contributed by atoms with Crippen molar-refractivity contribution in [2.75, 3.05) is 0 Å². The fourth-order valence-electron chi connectivity index (χ4n) is 2.12. The molecule has 1 aromatic carbocycles. The number of ether oxygens (including phenoxy) is 1. The summed E-state index contributed by atoms with van der Waals surface area (Å²) in [6.07, 6.45) is 2.21. The lowest BCUT2D eigenvalue weighted by molar-refractivity contribution is -0.122. The zero-order valence-electron chi connectivity index (χ0n) is 14.0. The summed E-state index contributed by atoms with van der Waals surface area (Å²) in [6, 6.07) is 13.7. The van der Waals surface area contributed by atoms with Gasteiger partial charge in [-0.2, -0.15) is 0 Å². The third-order valence-electron chi connectivity index (χ3n) is 3.21. The summed E-state index contributed by atoms with van der Waals surface area (Å²) in [5.74, 6) is 0.623. The number of rotatable bonds is 6. The zero-order valence-corrected chi connectivity index (χ0v) is 14.0. The Morgan fingerprint density at radius 1 is 1.13 bits per heavy atom. The Hall–Kier alpha value is -2.36. The first-order chi connectivity index (χ1) is 10.9. The first-order valence-electron chi connectivity index (χ1n) is 7.81. The molecule has 0 radical (unpaired) electrons. The summed E-state index contributed by atoms with van der Waals surface area (Å²) in [6.45, 7) is 7.12. The zero-order chi connectivity index (χ0) is 16.7. The van der Waals surface area contributed by atoms with Crippen molar-refractivity contribution < 1.29 is 9.53 Å². The lowest BCUT2D eigenvalue weighted by Crippen LogP contribution is -2.27. The largest absolute Gasteiger partial charge is 0.473 e. The van der Waals surface area contributed by atoms with E-state index in [0.29, 0.717) is 25.5 Å². The molecule has 0 aliphatic rings. The van der Waals surface area contributed by atoms with Gasteiger partial charge in [0.15, 0.2) is 0 Å². The number of nitrogens with zero attached hydrogens (tertiary/aromatic N) is 1. The molecule has 1 heterocycles. The number of pyridine rings is 1. The van der Waals surface area contributed by atoms with Gasteiger partial charge in [-0.15, -0.1) is 0 Å². The fourth-order valence-corrected chi connectivity index (χ4v) is 2.12. The van der Waals surface area contributed by atoms with Crippen molar-refractivity contribution in [3.05, 3.63) is 59.8 Å². The van der Waals surface area contributed by atoms with E-state index in [1.165, 1.54) is 0 Å². The van der Waals surface area contributed by atoms with E-state index in [1.807, 2.05) is 42.5 Å². The maximum Gasteiger partial charge on any atom is 0.220 e. The molecule has 4 heteroatoms. The van der Waals surface area contributed by atoms with Crippen molar-refractivity contribution in [3.8, 4) is 5.88 Å². The second-order valence-corrected chi connectivity index (χ2v) is 6.79. The Balaban J connectivity index is 1.86. The number of hydrogen-bond donors (Lipinski definition) is 1. The van der Waals surface area contributed by atoms with Gasteiger partial charge >= 0.3 is 0 Å². The van der Waals surface area contributed by atoms with Gasteiger partial charge in [-0.05, 0) is 22.6 Å². The van der Waals surface area contributed by atoms with Crippen molar-refractivity contribution in [3.63, 3.8) is 0 Å². The smallest absolute Gasteiger partial charge is 0.220 e. The van der Waals surface area contributed by atoms with E-state index in [-0.39, 0.29) is 11.3 Å². The highest BCUT2D eigenvalue weighted by atomic mass is 16.5. The molecule has 1 amide bonds. The molecule has 0 fully saturated rings. The molecule has 2 aromatic rings. The minimum absolute atomic E-state index is 0.00766. The molecule has 4 nitrogen and oxygen atoms in total. The standard InChI is InChI=1S/C19H24N2O2/c1-19(2,3)12-17(22)21-13-16-9-10-20-18(11-16)23-14-15-7-5-4-6-8-15/h4-11H,12-14H2,1-3H3,(H,21,22). The Bertz CT molecular complexity index is 633. The number of nitrogens with one attached hydrogen (secondary N) is 1. The molecule has 0 aliphatic carbocycles. The van der Waals surface area contributed by atoms with Gasteiger partial charge in [-0.25, -0.2) is 4.98 Å². The van der Waals surface area contributed by atoms with Gasteiger partial charge in [0.05, 0.1) is 0 Å². The average molecular weight is 312 g/mol. The van der Waals surface area contributed by atoms with Gasteiger partial charge < -0.3 is 10.1 Å². The van der Waals surface area contributed by atoms with Crippen LogP contribution in [0.4, 0.5) is 0 Å². The summed E-state index contributed by atoms with van der Waals surface area (Å²) in [5, 5.41) is 2.93. The first-order valence-corrected chi connectivity index (χ1v) is 7.81. The molecule has 23 heavy (non-hydrogen) atoms. The van der Waals surface area contributed by atoms with Crippen LogP contribution in [-0.4, -0.2) is 10.9 Å². The number of aromatic nitrogens is 1. The van der Waals surface area contributed by atoms with Gasteiger partial charge in [-0.1, -0.05) is 51.1 Å². The summed E-state index contributed by atoms with van der Waals surface area (Å²) < 4.78 is 5.70. The normalized spacial score (nSPS) is 11.1. The van der Waals surface area contributed by atoms with Crippen LogP contribution >= 0.6 is 0 Å². The minimum atomic E-state index is -0.00766. The second-order valence-electron chi connectivity index (χ2n) is 6.79. The molecular formula is C19H24N2O2. The molecule has 1 N–H and O–H groups in total.